The first kappa shape index (κ1) is 11.3. The highest BCUT2D eigenvalue weighted by molar-refractivity contribution is 5.92. The highest BCUT2D eigenvalue weighted by atomic mass is 16.5. The van der Waals surface area contributed by atoms with Gasteiger partial charge in [0.15, 0.2) is 0 Å². The minimum atomic E-state index is -0.606. The van der Waals surface area contributed by atoms with Gasteiger partial charge in [0.05, 0.1) is 7.11 Å². The molecule has 0 saturated carbocycles. The van der Waals surface area contributed by atoms with Gasteiger partial charge in [-0.1, -0.05) is 0 Å². The summed E-state index contributed by atoms with van der Waals surface area (Å²) in [6.45, 7) is 0.736. The van der Waals surface area contributed by atoms with E-state index in [1.807, 2.05) is 0 Å². The van der Waals surface area contributed by atoms with Crippen LogP contribution in [0.1, 0.15) is 10.4 Å². The average Bonchev–Trinajstić information content (AvgIpc) is 2.27. The van der Waals surface area contributed by atoms with Crippen molar-refractivity contribution in [2.24, 2.45) is 5.73 Å². The Morgan fingerprint density at radius 3 is 2.87 bits per heavy atom. The Morgan fingerprint density at radius 2 is 2.27 bits per heavy atom. The van der Waals surface area contributed by atoms with Gasteiger partial charge in [-0.15, -0.1) is 0 Å². The van der Waals surface area contributed by atoms with Crippen molar-refractivity contribution in [3.8, 4) is 11.5 Å². The maximum Gasteiger partial charge on any atom is 0.341 e. The summed E-state index contributed by atoms with van der Waals surface area (Å²) in [6.07, 6.45) is 0. The Balaban J connectivity index is 2.89. The molecule has 82 valence electrons. The number of phenols is 1. The molecule has 0 unspecified atom stereocenters. The fourth-order valence-electron chi connectivity index (χ4n) is 1.06. The summed E-state index contributed by atoms with van der Waals surface area (Å²) >= 11 is 0. The van der Waals surface area contributed by atoms with Crippen LogP contribution in [0, 0.1) is 0 Å². The van der Waals surface area contributed by atoms with E-state index < -0.39 is 5.97 Å². The van der Waals surface area contributed by atoms with Crippen LogP contribution in [0.25, 0.3) is 0 Å². The van der Waals surface area contributed by atoms with Crippen molar-refractivity contribution >= 4 is 5.97 Å². The number of phenolic OH excluding ortho intramolecular Hbond substituents is 1. The van der Waals surface area contributed by atoms with Gasteiger partial charge in [-0.25, -0.2) is 4.79 Å². The number of hydrogen-bond donors (Lipinski definition) is 2. The number of carbonyl (C=O) groups excluding carboxylic acids is 1. The zero-order chi connectivity index (χ0) is 11.3. The van der Waals surface area contributed by atoms with Gasteiger partial charge in [-0.3, -0.25) is 0 Å². The van der Waals surface area contributed by atoms with Crippen molar-refractivity contribution < 1.29 is 19.4 Å². The van der Waals surface area contributed by atoms with E-state index in [1.165, 1.54) is 19.2 Å². The molecule has 0 aliphatic heterocycles. The fraction of sp³-hybridized carbons (Fsp3) is 0.300. The Morgan fingerprint density at radius 1 is 1.53 bits per heavy atom. The molecular formula is C10H13NO4. The lowest BCUT2D eigenvalue weighted by atomic mass is 10.2. The smallest absolute Gasteiger partial charge is 0.341 e. The van der Waals surface area contributed by atoms with E-state index in [-0.39, 0.29) is 11.3 Å². The van der Waals surface area contributed by atoms with E-state index in [0.717, 1.165) is 0 Å². The van der Waals surface area contributed by atoms with E-state index in [1.54, 1.807) is 6.07 Å². The molecule has 0 saturated heterocycles. The van der Waals surface area contributed by atoms with Gasteiger partial charge < -0.3 is 20.3 Å². The highest BCUT2D eigenvalue weighted by Crippen LogP contribution is 2.23. The number of ether oxygens (including phenoxy) is 2. The average molecular weight is 211 g/mol. The maximum absolute atomic E-state index is 11.2. The molecule has 1 aromatic rings. The Bertz CT molecular complexity index is 351. The van der Waals surface area contributed by atoms with Gasteiger partial charge in [0.1, 0.15) is 23.7 Å². The van der Waals surface area contributed by atoms with Crippen LogP contribution in [-0.2, 0) is 4.74 Å². The summed E-state index contributed by atoms with van der Waals surface area (Å²) < 4.78 is 9.70. The van der Waals surface area contributed by atoms with Gasteiger partial charge in [-0.2, -0.15) is 0 Å². The summed E-state index contributed by atoms with van der Waals surface area (Å²) in [6, 6.07) is 4.34. The number of rotatable bonds is 4. The van der Waals surface area contributed by atoms with Crippen LogP contribution in [0.15, 0.2) is 18.2 Å². The third kappa shape index (κ3) is 2.85. The normalized spacial score (nSPS) is 9.73. The first-order valence-corrected chi connectivity index (χ1v) is 4.43. The third-order valence-corrected chi connectivity index (χ3v) is 1.76. The van der Waals surface area contributed by atoms with E-state index in [4.69, 9.17) is 10.5 Å². The van der Waals surface area contributed by atoms with E-state index >= 15 is 0 Å². The van der Waals surface area contributed by atoms with E-state index in [9.17, 15) is 9.90 Å². The predicted molar refractivity (Wildman–Crippen MR) is 54.0 cm³/mol. The lowest BCUT2D eigenvalue weighted by molar-refractivity contribution is 0.0597. The van der Waals surface area contributed by atoms with Crippen LogP contribution in [0.5, 0.6) is 11.5 Å². The summed E-state index contributed by atoms with van der Waals surface area (Å²) in [5.74, 6) is -0.272. The number of carbonyl (C=O) groups is 1. The van der Waals surface area contributed by atoms with Crippen molar-refractivity contribution in [3.05, 3.63) is 23.8 Å². The fourth-order valence-corrected chi connectivity index (χ4v) is 1.06. The minimum absolute atomic E-state index is 0.0759. The van der Waals surface area contributed by atoms with Crippen LogP contribution in [-0.4, -0.2) is 31.3 Å². The Labute approximate surface area is 87.4 Å². The zero-order valence-corrected chi connectivity index (χ0v) is 8.40. The lowest BCUT2D eigenvalue weighted by Gasteiger charge is -2.07. The van der Waals surface area contributed by atoms with Gasteiger partial charge in [0.25, 0.3) is 0 Å². The van der Waals surface area contributed by atoms with E-state index in [2.05, 4.69) is 4.74 Å². The van der Waals surface area contributed by atoms with Gasteiger partial charge in [0.2, 0.25) is 0 Å². The molecule has 1 aromatic carbocycles. The number of esters is 1. The molecule has 0 heterocycles. The molecule has 0 atom stereocenters. The van der Waals surface area contributed by atoms with Gasteiger partial charge >= 0.3 is 5.97 Å². The summed E-state index contributed by atoms with van der Waals surface area (Å²) in [5.41, 5.74) is 5.34. The van der Waals surface area contributed by atoms with Crippen LogP contribution in [0.2, 0.25) is 0 Å². The lowest BCUT2D eigenvalue weighted by Crippen LogP contribution is -2.11. The maximum atomic E-state index is 11.2. The summed E-state index contributed by atoms with van der Waals surface area (Å²) in [4.78, 5) is 11.2. The first-order chi connectivity index (χ1) is 7.19. The molecule has 0 aromatic heterocycles. The van der Waals surface area contributed by atoms with Gasteiger partial charge in [0, 0.05) is 6.54 Å². The van der Waals surface area contributed by atoms with Crippen LogP contribution in [0.4, 0.5) is 0 Å². The largest absolute Gasteiger partial charge is 0.507 e. The molecule has 5 nitrogen and oxygen atoms in total. The molecular weight excluding hydrogens is 198 g/mol. The number of aromatic hydroxyl groups is 1. The molecule has 0 amide bonds. The number of hydrogen-bond acceptors (Lipinski definition) is 5. The molecule has 1 rings (SSSR count). The number of nitrogens with two attached hydrogens (primary N) is 1. The minimum Gasteiger partial charge on any atom is -0.507 e. The van der Waals surface area contributed by atoms with Crippen molar-refractivity contribution in [3.63, 3.8) is 0 Å². The highest BCUT2D eigenvalue weighted by Gasteiger charge is 2.12. The molecule has 15 heavy (non-hydrogen) atoms. The standard InChI is InChI=1S/C10H13NO4/c1-14-10(13)8-6-7(15-5-4-11)2-3-9(8)12/h2-3,6,12H,4-5,11H2,1H3. The number of benzene rings is 1. The monoisotopic (exact) mass is 211 g/mol. The molecule has 0 aliphatic carbocycles. The summed E-state index contributed by atoms with van der Waals surface area (Å²) in [7, 11) is 1.25. The second kappa shape index (κ2) is 5.21. The molecule has 0 bridgehead atoms. The molecule has 0 spiro atoms. The second-order valence-electron chi connectivity index (χ2n) is 2.81. The Hall–Kier alpha value is -1.75. The Kier molecular flexibility index (Phi) is 3.93. The van der Waals surface area contributed by atoms with E-state index in [0.29, 0.717) is 18.9 Å². The summed E-state index contributed by atoms with van der Waals surface area (Å²) in [5, 5.41) is 9.38. The van der Waals surface area contributed by atoms with Crippen molar-refractivity contribution in [2.45, 2.75) is 0 Å². The molecule has 0 fully saturated rings. The van der Waals surface area contributed by atoms with Crippen molar-refractivity contribution in [2.75, 3.05) is 20.3 Å². The predicted octanol–water partition coefficient (Wildman–Crippen LogP) is 0.516. The quantitative estimate of drug-likeness (QED) is 0.709. The van der Waals surface area contributed by atoms with Crippen LogP contribution in [0.3, 0.4) is 0 Å². The molecule has 5 heteroatoms. The van der Waals surface area contributed by atoms with Gasteiger partial charge in [-0.05, 0) is 18.2 Å². The SMILES string of the molecule is COC(=O)c1cc(OCCN)ccc1O. The van der Waals surface area contributed by atoms with Crippen molar-refractivity contribution in [1.29, 1.82) is 0 Å². The van der Waals surface area contributed by atoms with Crippen LogP contribution < -0.4 is 10.5 Å². The molecule has 3 N–H and O–H groups in total. The third-order valence-electron chi connectivity index (χ3n) is 1.76. The number of methoxy groups -OCH3 is 1. The topological polar surface area (TPSA) is 81.8 Å². The zero-order valence-electron chi connectivity index (χ0n) is 8.40. The van der Waals surface area contributed by atoms with Crippen LogP contribution >= 0.6 is 0 Å². The molecule has 0 aliphatic rings. The first-order valence-electron chi connectivity index (χ1n) is 4.43. The molecule has 0 radical (unpaired) electrons. The van der Waals surface area contributed by atoms with Crippen molar-refractivity contribution in [1.82, 2.24) is 0 Å². The second-order valence-corrected chi connectivity index (χ2v) is 2.81.